The van der Waals surface area contributed by atoms with Gasteiger partial charge in [-0.1, -0.05) is 0 Å². The second-order valence-electron chi connectivity index (χ2n) is 9.81. The molecular weight excluding hydrogens is 490 g/mol. The van der Waals surface area contributed by atoms with Crippen LogP contribution in [0.4, 0.5) is 16.2 Å². The smallest absolute Gasteiger partial charge is 0.407 e. The van der Waals surface area contributed by atoms with Crippen LogP contribution >= 0.6 is 0 Å². The van der Waals surface area contributed by atoms with Gasteiger partial charge in [-0.3, -0.25) is 4.79 Å². The fraction of sp³-hybridized carbons (Fsp3) is 0.407. The molecule has 200 valence electrons. The lowest BCUT2D eigenvalue weighted by Crippen LogP contribution is -2.28. The van der Waals surface area contributed by atoms with Crippen molar-refractivity contribution < 1.29 is 29.0 Å². The van der Waals surface area contributed by atoms with E-state index in [1.165, 1.54) is 19.1 Å². The first-order valence-corrected chi connectivity index (χ1v) is 12.7. The van der Waals surface area contributed by atoms with Gasteiger partial charge in [0.05, 0.1) is 25.5 Å². The van der Waals surface area contributed by atoms with Crippen molar-refractivity contribution in [2.24, 2.45) is 11.8 Å². The molecule has 1 unspecified atom stereocenters. The third-order valence-corrected chi connectivity index (χ3v) is 7.14. The highest BCUT2D eigenvalue weighted by Gasteiger charge is 2.28. The number of nitrogens with one attached hydrogen (secondary N) is 2. The lowest BCUT2D eigenvalue weighted by molar-refractivity contribution is 0.0600. The number of hydrogen-bond acceptors (Lipinski definition) is 7. The van der Waals surface area contributed by atoms with Gasteiger partial charge in [-0.25, -0.2) is 14.6 Å². The number of nitrogens with zero attached hydrogens (tertiary/aromatic N) is 3. The van der Waals surface area contributed by atoms with E-state index in [0.717, 1.165) is 30.3 Å². The van der Waals surface area contributed by atoms with Crippen molar-refractivity contribution in [2.75, 3.05) is 44.5 Å². The number of pyridine rings is 1. The molecule has 5 rings (SSSR count). The molecule has 0 spiro atoms. The molecule has 3 N–H and O–H groups in total. The molecule has 38 heavy (non-hydrogen) atoms. The Morgan fingerprint density at radius 3 is 2.63 bits per heavy atom. The predicted octanol–water partition coefficient (Wildman–Crippen LogP) is 3.91. The van der Waals surface area contributed by atoms with E-state index in [4.69, 9.17) is 9.47 Å². The summed E-state index contributed by atoms with van der Waals surface area (Å²) in [6, 6.07) is 8.70. The van der Waals surface area contributed by atoms with Crippen LogP contribution in [-0.4, -0.2) is 71.4 Å². The minimum Gasteiger partial charge on any atom is -0.494 e. The van der Waals surface area contributed by atoms with Gasteiger partial charge < -0.3 is 34.7 Å². The average molecular weight is 522 g/mol. The number of ether oxygens (including phenoxy) is 2. The van der Waals surface area contributed by atoms with Gasteiger partial charge in [0.25, 0.3) is 5.91 Å². The minimum absolute atomic E-state index is 0.0896. The predicted molar refractivity (Wildman–Crippen MR) is 141 cm³/mol. The fourth-order valence-electron chi connectivity index (χ4n) is 4.92. The van der Waals surface area contributed by atoms with Gasteiger partial charge in [-0.05, 0) is 61.4 Å². The van der Waals surface area contributed by atoms with Crippen molar-refractivity contribution in [1.82, 2.24) is 14.5 Å². The van der Waals surface area contributed by atoms with Crippen LogP contribution in [0.3, 0.4) is 0 Å². The summed E-state index contributed by atoms with van der Waals surface area (Å²) in [6.07, 6.45) is 3.75. The summed E-state index contributed by atoms with van der Waals surface area (Å²) in [5, 5.41) is 16.5. The Hall–Kier alpha value is -4.28. The highest BCUT2D eigenvalue weighted by Crippen LogP contribution is 2.37. The molecule has 0 radical (unpaired) electrons. The first-order chi connectivity index (χ1) is 18.4. The van der Waals surface area contributed by atoms with Gasteiger partial charge in [0.1, 0.15) is 22.8 Å². The fourth-order valence-corrected chi connectivity index (χ4v) is 4.92. The van der Waals surface area contributed by atoms with Crippen LogP contribution in [0.25, 0.3) is 11.0 Å². The van der Waals surface area contributed by atoms with Crippen molar-refractivity contribution in [3.63, 3.8) is 0 Å². The van der Waals surface area contributed by atoms with E-state index in [9.17, 15) is 19.5 Å². The minimum atomic E-state index is -0.934. The van der Waals surface area contributed by atoms with E-state index in [1.807, 2.05) is 22.8 Å². The van der Waals surface area contributed by atoms with Crippen LogP contribution in [0, 0.1) is 11.8 Å². The largest absolute Gasteiger partial charge is 0.494 e. The maximum atomic E-state index is 13.7. The molecule has 2 aromatic heterocycles. The second-order valence-corrected chi connectivity index (χ2v) is 9.81. The van der Waals surface area contributed by atoms with E-state index in [1.54, 1.807) is 18.3 Å². The van der Waals surface area contributed by atoms with E-state index in [0.29, 0.717) is 54.9 Å². The molecule has 3 aromatic rings. The number of anilines is 2. The number of fused-ring (bicyclic) bond motifs is 1. The summed E-state index contributed by atoms with van der Waals surface area (Å²) in [6.45, 7) is 2.07. The number of carbonyl (C=O) groups excluding carboxylic acids is 2. The molecule has 0 bridgehead atoms. The maximum absolute atomic E-state index is 13.7. The Labute approximate surface area is 219 Å². The van der Waals surface area contributed by atoms with Crippen molar-refractivity contribution in [3.05, 3.63) is 47.8 Å². The molecule has 11 heteroatoms. The highest BCUT2D eigenvalue weighted by molar-refractivity contribution is 6.08. The molecule has 2 fully saturated rings. The zero-order chi connectivity index (χ0) is 26.8. The Morgan fingerprint density at radius 2 is 1.95 bits per heavy atom. The number of aromatic nitrogens is 2. The van der Waals surface area contributed by atoms with Crippen molar-refractivity contribution in [3.8, 4) is 5.75 Å². The number of methoxy groups -OCH3 is 2. The Balaban J connectivity index is 1.46. The number of hydrogen-bond donors (Lipinski definition) is 3. The number of carbonyl (C=O) groups is 3. The Bertz CT molecular complexity index is 1380. The molecular formula is C27H31N5O6. The van der Waals surface area contributed by atoms with Gasteiger partial charge in [-0.15, -0.1) is 0 Å². The molecule has 1 aliphatic heterocycles. The topological polar surface area (TPSA) is 135 Å². The average Bonchev–Trinajstić information content (AvgIpc) is 3.48. The summed E-state index contributed by atoms with van der Waals surface area (Å²) in [4.78, 5) is 43.3. The Kier molecular flexibility index (Phi) is 7.08. The maximum Gasteiger partial charge on any atom is 0.407 e. The van der Waals surface area contributed by atoms with Crippen LogP contribution in [0.5, 0.6) is 5.75 Å². The number of esters is 1. The van der Waals surface area contributed by atoms with Crippen LogP contribution in [-0.2, 0) is 11.3 Å². The Morgan fingerprint density at radius 1 is 1.13 bits per heavy atom. The van der Waals surface area contributed by atoms with Crippen molar-refractivity contribution in [2.45, 2.75) is 25.8 Å². The molecule has 1 aliphatic carbocycles. The lowest BCUT2D eigenvalue weighted by atomic mass is 10.1. The molecule has 2 amide bonds. The summed E-state index contributed by atoms with van der Waals surface area (Å²) in [5.41, 5.74) is 2.33. The van der Waals surface area contributed by atoms with Gasteiger partial charge in [-0.2, -0.15) is 0 Å². The number of likely N-dealkylation sites (tertiary alicyclic amines) is 1. The second kappa shape index (κ2) is 10.6. The van der Waals surface area contributed by atoms with Crippen LogP contribution < -0.4 is 15.4 Å². The summed E-state index contributed by atoms with van der Waals surface area (Å²) in [7, 11) is 2.77. The molecule has 11 nitrogen and oxygen atoms in total. The molecule has 3 heterocycles. The van der Waals surface area contributed by atoms with E-state index >= 15 is 0 Å². The first kappa shape index (κ1) is 25.4. The molecule has 1 saturated carbocycles. The van der Waals surface area contributed by atoms with Gasteiger partial charge in [0.15, 0.2) is 0 Å². The van der Waals surface area contributed by atoms with Gasteiger partial charge >= 0.3 is 12.1 Å². The monoisotopic (exact) mass is 521 g/mol. The molecule has 2 aliphatic rings. The van der Waals surface area contributed by atoms with Gasteiger partial charge in [0.2, 0.25) is 0 Å². The summed E-state index contributed by atoms with van der Waals surface area (Å²) < 4.78 is 12.4. The van der Waals surface area contributed by atoms with Crippen molar-refractivity contribution >= 4 is 40.4 Å². The molecule has 1 aromatic carbocycles. The lowest BCUT2D eigenvalue weighted by Gasteiger charge is -2.20. The van der Waals surface area contributed by atoms with Crippen molar-refractivity contribution in [1.29, 1.82) is 0 Å². The van der Waals surface area contributed by atoms with Crippen LogP contribution in [0.2, 0.25) is 0 Å². The molecule has 1 saturated heterocycles. The zero-order valence-corrected chi connectivity index (χ0v) is 21.4. The zero-order valence-electron chi connectivity index (χ0n) is 21.4. The molecule has 1 atom stereocenters. The van der Waals surface area contributed by atoms with Gasteiger partial charge in [0, 0.05) is 37.8 Å². The van der Waals surface area contributed by atoms with Crippen LogP contribution in [0.1, 0.15) is 40.1 Å². The van der Waals surface area contributed by atoms with E-state index in [-0.39, 0.29) is 17.4 Å². The standard InChI is InChI=1S/C27H31N5O6/c1-37-22-12-19(26(34)38-2)10-20(23(22)29-13-17-7-9-31(14-17)27(35)36)30-25(33)21-11-18-4-3-8-28-24(18)32(21)15-16-5-6-16/h3-4,8,10-12,16-17,29H,5-7,9,13-15H2,1-2H3,(H,30,33)(H,35,36). The van der Waals surface area contributed by atoms with Crippen LogP contribution in [0.15, 0.2) is 36.5 Å². The SMILES string of the molecule is COC(=O)c1cc(NC(=O)c2cc3cccnc3n2CC2CC2)c(NCC2CCN(C(=O)O)C2)c(OC)c1. The normalized spacial score (nSPS) is 16.9. The number of benzene rings is 1. The number of amides is 2. The third kappa shape index (κ3) is 5.22. The number of rotatable bonds is 9. The highest BCUT2D eigenvalue weighted by atomic mass is 16.5. The quantitative estimate of drug-likeness (QED) is 0.361. The van der Waals surface area contributed by atoms with E-state index < -0.39 is 12.1 Å². The number of carboxylic acid groups (broad SMARTS) is 1. The summed E-state index contributed by atoms with van der Waals surface area (Å²) >= 11 is 0. The third-order valence-electron chi connectivity index (χ3n) is 7.14. The van der Waals surface area contributed by atoms with E-state index in [2.05, 4.69) is 15.6 Å². The summed E-state index contributed by atoms with van der Waals surface area (Å²) in [5.74, 6) is 0.0677. The first-order valence-electron chi connectivity index (χ1n) is 12.7.